The standard InChI is InChI=1S/C14H30N4O2S/c1-11(2)12-6-5-7-13(10-12)18-14(15-3)16-8-9-17-21(4,19)20/h11-13,17H,5-10H2,1-4H3,(H2,15,16,18). The van der Waals surface area contributed by atoms with E-state index in [0.717, 1.165) is 24.1 Å². The van der Waals surface area contributed by atoms with Crippen LogP contribution >= 0.6 is 0 Å². The molecule has 0 saturated heterocycles. The van der Waals surface area contributed by atoms with Crippen molar-refractivity contribution >= 4 is 16.0 Å². The van der Waals surface area contributed by atoms with Gasteiger partial charge in [-0.1, -0.05) is 26.7 Å². The molecule has 1 fully saturated rings. The molecule has 0 amide bonds. The Hall–Kier alpha value is -0.820. The van der Waals surface area contributed by atoms with E-state index >= 15 is 0 Å². The number of nitrogens with one attached hydrogen (secondary N) is 3. The Bertz CT molecular complexity index is 434. The molecule has 0 aliphatic heterocycles. The normalized spacial score (nSPS) is 24.1. The average Bonchev–Trinajstić information content (AvgIpc) is 2.41. The zero-order valence-electron chi connectivity index (χ0n) is 13.6. The first-order valence-electron chi connectivity index (χ1n) is 7.73. The van der Waals surface area contributed by atoms with Crippen molar-refractivity contribution in [2.24, 2.45) is 16.8 Å². The highest BCUT2D eigenvalue weighted by Crippen LogP contribution is 2.29. The van der Waals surface area contributed by atoms with Gasteiger partial charge in [-0.2, -0.15) is 0 Å². The van der Waals surface area contributed by atoms with E-state index in [0.29, 0.717) is 19.1 Å². The minimum Gasteiger partial charge on any atom is -0.355 e. The molecule has 2 atom stereocenters. The Labute approximate surface area is 129 Å². The third-order valence-corrected chi connectivity index (χ3v) is 4.73. The number of sulfonamides is 1. The van der Waals surface area contributed by atoms with E-state index in [1.165, 1.54) is 25.7 Å². The summed E-state index contributed by atoms with van der Waals surface area (Å²) >= 11 is 0. The summed E-state index contributed by atoms with van der Waals surface area (Å²) in [7, 11) is -1.38. The van der Waals surface area contributed by atoms with Crippen molar-refractivity contribution in [3.8, 4) is 0 Å². The molecule has 0 radical (unpaired) electrons. The summed E-state index contributed by atoms with van der Waals surface area (Å²) in [4.78, 5) is 4.20. The topological polar surface area (TPSA) is 82.6 Å². The van der Waals surface area contributed by atoms with Crippen LogP contribution in [-0.4, -0.2) is 46.8 Å². The van der Waals surface area contributed by atoms with E-state index in [-0.39, 0.29) is 0 Å². The van der Waals surface area contributed by atoms with Crippen LogP contribution in [0.5, 0.6) is 0 Å². The fourth-order valence-electron chi connectivity index (χ4n) is 2.77. The van der Waals surface area contributed by atoms with Crippen molar-refractivity contribution in [2.75, 3.05) is 26.4 Å². The van der Waals surface area contributed by atoms with Crippen molar-refractivity contribution in [3.63, 3.8) is 0 Å². The number of nitrogens with zero attached hydrogens (tertiary/aromatic N) is 1. The maximum absolute atomic E-state index is 11.0. The molecule has 0 aromatic carbocycles. The molecule has 0 bridgehead atoms. The van der Waals surface area contributed by atoms with E-state index in [1.54, 1.807) is 7.05 Å². The molecular weight excluding hydrogens is 288 g/mol. The van der Waals surface area contributed by atoms with Crippen molar-refractivity contribution in [1.82, 2.24) is 15.4 Å². The van der Waals surface area contributed by atoms with Crippen LogP contribution in [0.3, 0.4) is 0 Å². The van der Waals surface area contributed by atoms with Crippen molar-refractivity contribution in [3.05, 3.63) is 0 Å². The van der Waals surface area contributed by atoms with Gasteiger partial charge < -0.3 is 10.6 Å². The van der Waals surface area contributed by atoms with Crippen molar-refractivity contribution in [2.45, 2.75) is 45.6 Å². The highest BCUT2D eigenvalue weighted by Gasteiger charge is 2.24. The molecule has 1 aliphatic carbocycles. The molecule has 2 unspecified atom stereocenters. The Morgan fingerprint density at radius 2 is 2.00 bits per heavy atom. The number of aliphatic imine (C=N–C) groups is 1. The van der Waals surface area contributed by atoms with Crippen LogP contribution in [0.2, 0.25) is 0 Å². The van der Waals surface area contributed by atoms with E-state index in [1.807, 2.05) is 0 Å². The van der Waals surface area contributed by atoms with Gasteiger partial charge in [0, 0.05) is 26.2 Å². The number of hydrogen-bond donors (Lipinski definition) is 3. The van der Waals surface area contributed by atoms with Gasteiger partial charge in [0.15, 0.2) is 5.96 Å². The van der Waals surface area contributed by atoms with Crippen LogP contribution in [0.15, 0.2) is 4.99 Å². The second-order valence-corrected chi connectivity index (χ2v) is 8.01. The van der Waals surface area contributed by atoms with Gasteiger partial charge in [0.25, 0.3) is 0 Å². The molecule has 0 aromatic rings. The molecule has 0 heterocycles. The quantitative estimate of drug-likeness (QED) is 0.386. The van der Waals surface area contributed by atoms with Gasteiger partial charge in [-0.25, -0.2) is 13.1 Å². The second-order valence-electron chi connectivity index (χ2n) is 6.18. The zero-order chi connectivity index (χ0) is 15.9. The zero-order valence-corrected chi connectivity index (χ0v) is 14.5. The van der Waals surface area contributed by atoms with Gasteiger partial charge in [-0.15, -0.1) is 0 Å². The molecule has 0 spiro atoms. The summed E-state index contributed by atoms with van der Waals surface area (Å²) in [5.41, 5.74) is 0. The second kappa shape index (κ2) is 8.58. The molecule has 6 nitrogen and oxygen atoms in total. The van der Waals surface area contributed by atoms with Gasteiger partial charge in [-0.3, -0.25) is 4.99 Å². The Morgan fingerprint density at radius 3 is 2.57 bits per heavy atom. The highest BCUT2D eigenvalue weighted by molar-refractivity contribution is 7.88. The first-order valence-corrected chi connectivity index (χ1v) is 9.62. The van der Waals surface area contributed by atoms with Crippen LogP contribution in [0.25, 0.3) is 0 Å². The molecule has 3 N–H and O–H groups in total. The van der Waals surface area contributed by atoms with Gasteiger partial charge in [-0.05, 0) is 24.7 Å². The lowest BCUT2D eigenvalue weighted by Gasteiger charge is -2.33. The van der Waals surface area contributed by atoms with E-state index in [2.05, 4.69) is 34.2 Å². The number of hydrogen-bond acceptors (Lipinski definition) is 3. The average molecular weight is 318 g/mol. The smallest absolute Gasteiger partial charge is 0.208 e. The van der Waals surface area contributed by atoms with Crippen LogP contribution in [0, 0.1) is 11.8 Å². The highest BCUT2D eigenvalue weighted by atomic mass is 32.2. The van der Waals surface area contributed by atoms with Gasteiger partial charge in [0.1, 0.15) is 0 Å². The van der Waals surface area contributed by atoms with Gasteiger partial charge >= 0.3 is 0 Å². The first kappa shape index (κ1) is 18.2. The number of rotatable bonds is 6. The lowest BCUT2D eigenvalue weighted by Crippen LogP contribution is -2.47. The van der Waals surface area contributed by atoms with Crippen molar-refractivity contribution < 1.29 is 8.42 Å². The number of guanidine groups is 1. The molecule has 1 rings (SSSR count). The van der Waals surface area contributed by atoms with E-state index < -0.39 is 10.0 Å². The van der Waals surface area contributed by atoms with E-state index in [9.17, 15) is 8.42 Å². The third kappa shape index (κ3) is 7.66. The summed E-state index contributed by atoms with van der Waals surface area (Å²) < 4.78 is 24.4. The summed E-state index contributed by atoms with van der Waals surface area (Å²) in [5.74, 6) is 2.25. The van der Waals surface area contributed by atoms with Crippen LogP contribution in [0.1, 0.15) is 39.5 Å². The SMILES string of the molecule is CN=C(NCCNS(C)(=O)=O)NC1CCCC(C(C)C)C1. The molecule has 1 aliphatic rings. The fraction of sp³-hybridized carbons (Fsp3) is 0.929. The largest absolute Gasteiger partial charge is 0.355 e. The summed E-state index contributed by atoms with van der Waals surface area (Å²) in [5, 5.41) is 6.60. The van der Waals surface area contributed by atoms with E-state index in [4.69, 9.17) is 0 Å². The molecule has 0 aromatic heterocycles. The summed E-state index contributed by atoms with van der Waals surface area (Å²) in [6, 6.07) is 0.459. The summed E-state index contributed by atoms with van der Waals surface area (Å²) in [6.07, 6.45) is 6.09. The fourth-order valence-corrected chi connectivity index (χ4v) is 3.24. The maximum atomic E-state index is 11.0. The Kier molecular flexibility index (Phi) is 7.45. The van der Waals surface area contributed by atoms with Gasteiger partial charge in [0.05, 0.1) is 6.26 Å². The predicted octanol–water partition coefficient (Wildman–Crippen LogP) is 0.915. The molecular formula is C14H30N4O2S. The van der Waals surface area contributed by atoms with Crippen LogP contribution in [-0.2, 0) is 10.0 Å². The lowest BCUT2D eigenvalue weighted by atomic mass is 9.79. The third-order valence-electron chi connectivity index (χ3n) is 4.00. The molecule has 1 saturated carbocycles. The Morgan fingerprint density at radius 1 is 1.29 bits per heavy atom. The van der Waals surface area contributed by atoms with Crippen LogP contribution < -0.4 is 15.4 Å². The van der Waals surface area contributed by atoms with Gasteiger partial charge in [0.2, 0.25) is 10.0 Å². The molecule has 124 valence electrons. The monoisotopic (exact) mass is 318 g/mol. The van der Waals surface area contributed by atoms with Crippen molar-refractivity contribution in [1.29, 1.82) is 0 Å². The lowest BCUT2D eigenvalue weighted by molar-refractivity contribution is 0.244. The van der Waals surface area contributed by atoms with Crippen LogP contribution in [0.4, 0.5) is 0 Å². The molecule has 7 heteroatoms. The predicted molar refractivity (Wildman–Crippen MR) is 87.9 cm³/mol. The minimum absolute atomic E-state index is 0.360. The maximum Gasteiger partial charge on any atom is 0.208 e. The Balaban J connectivity index is 2.33. The summed E-state index contributed by atoms with van der Waals surface area (Å²) in [6.45, 7) is 5.46. The minimum atomic E-state index is -3.12. The molecule has 21 heavy (non-hydrogen) atoms. The first-order chi connectivity index (χ1) is 9.81.